The zero-order valence-electron chi connectivity index (χ0n) is 12.0. The minimum atomic E-state index is -0.659. The van der Waals surface area contributed by atoms with Crippen LogP contribution < -0.4 is 10.1 Å². The number of halogens is 1. The predicted octanol–water partition coefficient (Wildman–Crippen LogP) is 2.42. The standard InChI is InChI=1S/C14H18ClNO4/c1-14(2,3)16-12(17)8-20-13(18)10-7-9(15)5-6-11(10)19-4/h5-7H,8H2,1-4H3,(H,16,17). The molecule has 0 radical (unpaired) electrons. The molecule has 1 aromatic carbocycles. The van der Waals surface area contributed by atoms with Crippen LogP contribution in [0.4, 0.5) is 0 Å². The average Bonchev–Trinajstić information content (AvgIpc) is 2.33. The second kappa shape index (κ2) is 6.61. The molecule has 1 amide bonds. The normalized spacial score (nSPS) is 10.8. The van der Waals surface area contributed by atoms with Gasteiger partial charge in [-0.3, -0.25) is 4.79 Å². The summed E-state index contributed by atoms with van der Waals surface area (Å²) in [5.41, 5.74) is -0.194. The molecule has 0 aliphatic carbocycles. The minimum Gasteiger partial charge on any atom is -0.496 e. The van der Waals surface area contributed by atoms with Crippen LogP contribution in [0.3, 0.4) is 0 Å². The van der Waals surface area contributed by atoms with Crippen LogP contribution in [0, 0.1) is 0 Å². The monoisotopic (exact) mass is 299 g/mol. The molecule has 0 aliphatic rings. The van der Waals surface area contributed by atoms with Gasteiger partial charge in [0, 0.05) is 10.6 Å². The van der Waals surface area contributed by atoms with Gasteiger partial charge in [-0.1, -0.05) is 11.6 Å². The van der Waals surface area contributed by atoms with E-state index in [2.05, 4.69) is 5.32 Å². The molecule has 20 heavy (non-hydrogen) atoms. The molecule has 1 aromatic rings. The van der Waals surface area contributed by atoms with Gasteiger partial charge in [0.15, 0.2) is 6.61 Å². The summed E-state index contributed by atoms with van der Waals surface area (Å²) < 4.78 is 9.99. The van der Waals surface area contributed by atoms with Gasteiger partial charge in [-0.05, 0) is 39.0 Å². The molecule has 6 heteroatoms. The molecule has 0 bridgehead atoms. The zero-order chi connectivity index (χ0) is 15.3. The maximum absolute atomic E-state index is 11.9. The second-order valence-corrected chi connectivity index (χ2v) is 5.66. The van der Waals surface area contributed by atoms with Crippen molar-refractivity contribution in [1.29, 1.82) is 0 Å². The quantitative estimate of drug-likeness (QED) is 0.867. The molecule has 0 saturated heterocycles. The first-order valence-corrected chi connectivity index (χ1v) is 6.42. The van der Waals surface area contributed by atoms with Crippen LogP contribution in [-0.2, 0) is 9.53 Å². The van der Waals surface area contributed by atoms with E-state index in [9.17, 15) is 9.59 Å². The number of hydrogen-bond acceptors (Lipinski definition) is 4. The second-order valence-electron chi connectivity index (χ2n) is 5.22. The van der Waals surface area contributed by atoms with Gasteiger partial charge in [0.05, 0.1) is 7.11 Å². The van der Waals surface area contributed by atoms with Crippen molar-refractivity contribution in [2.75, 3.05) is 13.7 Å². The van der Waals surface area contributed by atoms with Gasteiger partial charge >= 0.3 is 5.97 Å². The SMILES string of the molecule is COc1ccc(Cl)cc1C(=O)OCC(=O)NC(C)(C)C. The van der Waals surface area contributed by atoms with Crippen molar-refractivity contribution in [2.24, 2.45) is 0 Å². The smallest absolute Gasteiger partial charge is 0.342 e. The Hall–Kier alpha value is -1.75. The highest BCUT2D eigenvalue weighted by molar-refractivity contribution is 6.31. The summed E-state index contributed by atoms with van der Waals surface area (Å²) in [6.45, 7) is 5.16. The Morgan fingerprint density at radius 2 is 1.95 bits per heavy atom. The van der Waals surface area contributed by atoms with E-state index < -0.39 is 5.97 Å². The van der Waals surface area contributed by atoms with Gasteiger partial charge in [0.25, 0.3) is 5.91 Å². The Morgan fingerprint density at radius 1 is 1.30 bits per heavy atom. The van der Waals surface area contributed by atoms with E-state index in [4.69, 9.17) is 21.1 Å². The summed E-state index contributed by atoms with van der Waals surface area (Å²) in [6, 6.07) is 4.60. The van der Waals surface area contributed by atoms with Crippen molar-refractivity contribution in [3.63, 3.8) is 0 Å². The molecular formula is C14H18ClNO4. The van der Waals surface area contributed by atoms with E-state index in [0.717, 1.165) is 0 Å². The first kappa shape index (κ1) is 16.3. The molecule has 0 heterocycles. The number of methoxy groups -OCH3 is 1. The fourth-order valence-corrected chi connectivity index (χ4v) is 1.68. The first-order chi connectivity index (χ1) is 9.23. The third kappa shape index (κ3) is 5.09. The fourth-order valence-electron chi connectivity index (χ4n) is 1.50. The molecule has 0 aliphatic heterocycles. The number of carbonyl (C=O) groups is 2. The number of esters is 1. The van der Waals surface area contributed by atoms with Crippen LogP contribution >= 0.6 is 11.6 Å². The van der Waals surface area contributed by atoms with Gasteiger partial charge in [0.1, 0.15) is 11.3 Å². The number of rotatable bonds is 4. The van der Waals surface area contributed by atoms with Crippen molar-refractivity contribution >= 4 is 23.5 Å². The minimum absolute atomic E-state index is 0.184. The Morgan fingerprint density at radius 3 is 2.50 bits per heavy atom. The molecule has 1 N–H and O–H groups in total. The number of hydrogen-bond donors (Lipinski definition) is 1. The van der Waals surface area contributed by atoms with Gasteiger partial charge in [-0.2, -0.15) is 0 Å². The number of carbonyl (C=O) groups excluding carboxylic acids is 2. The molecule has 1 rings (SSSR count). The van der Waals surface area contributed by atoms with Crippen LogP contribution in [0.2, 0.25) is 5.02 Å². The van der Waals surface area contributed by atoms with Crippen molar-refractivity contribution in [3.8, 4) is 5.75 Å². The lowest BCUT2D eigenvalue weighted by Gasteiger charge is -2.20. The largest absolute Gasteiger partial charge is 0.496 e. The number of benzene rings is 1. The molecule has 0 aromatic heterocycles. The van der Waals surface area contributed by atoms with Crippen LogP contribution in [0.5, 0.6) is 5.75 Å². The number of ether oxygens (including phenoxy) is 2. The fraction of sp³-hybridized carbons (Fsp3) is 0.429. The van der Waals surface area contributed by atoms with Crippen LogP contribution in [0.25, 0.3) is 0 Å². The Bertz CT molecular complexity index is 508. The van der Waals surface area contributed by atoms with Gasteiger partial charge < -0.3 is 14.8 Å². The van der Waals surface area contributed by atoms with E-state index in [1.807, 2.05) is 20.8 Å². The number of amides is 1. The topological polar surface area (TPSA) is 64.6 Å². The molecule has 0 spiro atoms. The molecule has 5 nitrogen and oxygen atoms in total. The maximum Gasteiger partial charge on any atom is 0.342 e. The van der Waals surface area contributed by atoms with Crippen molar-refractivity contribution < 1.29 is 19.1 Å². The average molecular weight is 300 g/mol. The van der Waals surface area contributed by atoms with Gasteiger partial charge in [-0.15, -0.1) is 0 Å². The molecule has 110 valence electrons. The molecule has 0 atom stereocenters. The maximum atomic E-state index is 11.9. The van der Waals surface area contributed by atoms with E-state index in [1.54, 1.807) is 12.1 Å². The third-order valence-corrected chi connectivity index (χ3v) is 2.47. The van der Waals surface area contributed by atoms with E-state index >= 15 is 0 Å². The highest BCUT2D eigenvalue weighted by atomic mass is 35.5. The lowest BCUT2D eigenvalue weighted by atomic mass is 10.1. The lowest BCUT2D eigenvalue weighted by molar-refractivity contribution is -0.125. The number of nitrogens with one attached hydrogen (secondary N) is 1. The summed E-state index contributed by atoms with van der Waals surface area (Å²) in [7, 11) is 1.44. The van der Waals surface area contributed by atoms with Crippen LogP contribution in [0.15, 0.2) is 18.2 Å². The predicted molar refractivity (Wildman–Crippen MR) is 76.2 cm³/mol. The highest BCUT2D eigenvalue weighted by Gasteiger charge is 2.18. The Kier molecular flexibility index (Phi) is 5.39. The van der Waals surface area contributed by atoms with E-state index in [0.29, 0.717) is 10.8 Å². The summed E-state index contributed by atoms with van der Waals surface area (Å²) in [4.78, 5) is 23.5. The molecular weight excluding hydrogens is 282 g/mol. The van der Waals surface area contributed by atoms with E-state index in [1.165, 1.54) is 13.2 Å². The zero-order valence-corrected chi connectivity index (χ0v) is 12.7. The molecule has 0 unspecified atom stereocenters. The van der Waals surface area contributed by atoms with E-state index in [-0.39, 0.29) is 23.6 Å². The van der Waals surface area contributed by atoms with Gasteiger partial charge in [0.2, 0.25) is 0 Å². The summed E-state index contributed by atoms with van der Waals surface area (Å²) in [5.74, 6) is -0.684. The van der Waals surface area contributed by atoms with Crippen molar-refractivity contribution in [2.45, 2.75) is 26.3 Å². The third-order valence-electron chi connectivity index (χ3n) is 2.23. The highest BCUT2D eigenvalue weighted by Crippen LogP contribution is 2.23. The molecule has 0 saturated carbocycles. The lowest BCUT2D eigenvalue weighted by Crippen LogP contribution is -2.42. The summed E-state index contributed by atoms with van der Waals surface area (Å²) in [6.07, 6.45) is 0. The van der Waals surface area contributed by atoms with Crippen molar-refractivity contribution in [3.05, 3.63) is 28.8 Å². The Balaban J connectivity index is 2.68. The Labute approximate surface area is 123 Å². The molecule has 0 fully saturated rings. The van der Waals surface area contributed by atoms with Gasteiger partial charge in [-0.25, -0.2) is 4.79 Å². The summed E-state index contributed by atoms with van der Waals surface area (Å²) in [5, 5.41) is 3.08. The van der Waals surface area contributed by atoms with Crippen molar-refractivity contribution in [1.82, 2.24) is 5.32 Å². The first-order valence-electron chi connectivity index (χ1n) is 6.04. The van der Waals surface area contributed by atoms with Crippen LogP contribution in [0.1, 0.15) is 31.1 Å². The van der Waals surface area contributed by atoms with Crippen LogP contribution in [-0.4, -0.2) is 31.1 Å². The summed E-state index contributed by atoms with van der Waals surface area (Å²) >= 11 is 5.83.